The fraction of sp³-hybridized carbons (Fsp3) is 0.588. The molecule has 3 atom stereocenters. The zero-order valence-corrected chi connectivity index (χ0v) is 15.0. The zero-order valence-electron chi connectivity index (χ0n) is 14.2. The standard InChI is InChI=1S/C17H21FN2O5S/c18-12-3-1-4-15(7-12)26(22,23)20-10-13-8-19(9-14(11-20)25-13)17(21)16-5-2-6-24-16/h1,3-4,7,13-14,16H,2,5-6,8-11H2. The topological polar surface area (TPSA) is 76.2 Å². The average molecular weight is 384 g/mol. The second-order valence-electron chi connectivity index (χ2n) is 6.90. The van der Waals surface area contributed by atoms with Crippen molar-refractivity contribution >= 4 is 15.9 Å². The van der Waals surface area contributed by atoms with Crippen LogP contribution in [0.3, 0.4) is 0 Å². The van der Waals surface area contributed by atoms with Crippen LogP contribution in [0.1, 0.15) is 12.8 Å². The Hall–Kier alpha value is -1.55. The molecule has 0 radical (unpaired) electrons. The summed E-state index contributed by atoms with van der Waals surface area (Å²) in [6, 6.07) is 5.00. The van der Waals surface area contributed by atoms with Crippen molar-refractivity contribution in [1.29, 1.82) is 0 Å². The van der Waals surface area contributed by atoms with E-state index in [0.717, 1.165) is 18.9 Å². The van der Waals surface area contributed by atoms with Crippen LogP contribution in [-0.4, -0.2) is 74.6 Å². The lowest BCUT2D eigenvalue weighted by molar-refractivity contribution is -0.162. The van der Waals surface area contributed by atoms with E-state index >= 15 is 0 Å². The van der Waals surface area contributed by atoms with E-state index in [1.807, 2.05) is 0 Å². The van der Waals surface area contributed by atoms with Gasteiger partial charge >= 0.3 is 0 Å². The van der Waals surface area contributed by atoms with E-state index in [9.17, 15) is 17.6 Å². The molecule has 3 unspecified atom stereocenters. The van der Waals surface area contributed by atoms with Gasteiger partial charge in [-0.2, -0.15) is 4.31 Å². The van der Waals surface area contributed by atoms with Crippen LogP contribution >= 0.6 is 0 Å². The fourth-order valence-corrected chi connectivity index (χ4v) is 5.32. The quantitative estimate of drug-likeness (QED) is 0.763. The van der Waals surface area contributed by atoms with Crippen molar-refractivity contribution in [3.05, 3.63) is 30.1 Å². The van der Waals surface area contributed by atoms with Crippen molar-refractivity contribution in [3.8, 4) is 0 Å². The molecule has 142 valence electrons. The second kappa shape index (κ2) is 6.88. The van der Waals surface area contributed by atoms with Crippen LogP contribution in [0, 0.1) is 5.82 Å². The number of amides is 1. The van der Waals surface area contributed by atoms with Crippen molar-refractivity contribution in [2.24, 2.45) is 0 Å². The normalized spacial score (nSPS) is 29.7. The van der Waals surface area contributed by atoms with Crippen molar-refractivity contribution in [2.75, 3.05) is 32.8 Å². The zero-order chi connectivity index (χ0) is 18.3. The van der Waals surface area contributed by atoms with E-state index in [1.165, 1.54) is 22.5 Å². The Morgan fingerprint density at radius 3 is 2.50 bits per heavy atom. The summed E-state index contributed by atoms with van der Waals surface area (Å²) in [4.78, 5) is 14.2. The smallest absolute Gasteiger partial charge is 0.251 e. The molecule has 0 saturated carbocycles. The number of carbonyl (C=O) groups is 1. The number of fused-ring (bicyclic) bond motifs is 2. The Bertz CT molecular complexity index is 782. The summed E-state index contributed by atoms with van der Waals surface area (Å²) in [7, 11) is -3.79. The first-order chi connectivity index (χ1) is 12.4. The van der Waals surface area contributed by atoms with Crippen LogP contribution in [0.25, 0.3) is 0 Å². The molecule has 3 heterocycles. The van der Waals surface area contributed by atoms with E-state index < -0.39 is 28.0 Å². The Labute approximate surface area is 151 Å². The molecule has 0 N–H and O–H groups in total. The first-order valence-electron chi connectivity index (χ1n) is 8.75. The third-order valence-electron chi connectivity index (χ3n) is 5.00. The SMILES string of the molecule is O=C(C1CCCO1)N1CC2CN(S(=O)(=O)c3cccc(F)c3)CC(C1)O2. The first-order valence-corrected chi connectivity index (χ1v) is 10.2. The minimum atomic E-state index is -3.79. The van der Waals surface area contributed by atoms with Gasteiger partial charge in [-0.1, -0.05) is 6.07 Å². The van der Waals surface area contributed by atoms with Gasteiger partial charge in [-0.15, -0.1) is 0 Å². The molecule has 0 aromatic heterocycles. The summed E-state index contributed by atoms with van der Waals surface area (Å²) in [5, 5.41) is 0. The van der Waals surface area contributed by atoms with Gasteiger partial charge < -0.3 is 14.4 Å². The van der Waals surface area contributed by atoms with Crippen LogP contribution in [0.2, 0.25) is 0 Å². The van der Waals surface area contributed by atoms with Crippen molar-refractivity contribution in [1.82, 2.24) is 9.21 Å². The molecule has 1 aromatic carbocycles. The molecule has 1 amide bonds. The number of halogens is 1. The van der Waals surface area contributed by atoms with E-state index in [-0.39, 0.29) is 30.0 Å². The lowest BCUT2D eigenvalue weighted by atomic mass is 10.1. The molecular weight excluding hydrogens is 363 g/mol. The summed E-state index contributed by atoms with van der Waals surface area (Å²) in [6.45, 7) is 1.57. The molecule has 7 nitrogen and oxygen atoms in total. The van der Waals surface area contributed by atoms with Crippen LogP contribution < -0.4 is 0 Å². The fourth-order valence-electron chi connectivity index (χ4n) is 3.78. The molecule has 3 fully saturated rings. The highest BCUT2D eigenvalue weighted by Gasteiger charge is 2.42. The lowest BCUT2D eigenvalue weighted by Crippen LogP contribution is -2.62. The van der Waals surface area contributed by atoms with Gasteiger partial charge in [0.05, 0.1) is 17.1 Å². The predicted octanol–water partition coefficient (Wildman–Crippen LogP) is 0.605. The summed E-state index contributed by atoms with van der Waals surface area (Å²) < 4.78 is 51.6. The Morgan fingerprint density at radius 1 is 1.15 bits per heavy atom. The summed E-state index contributed by atoms with van der Waals surface area (Å²) >= 11 is 0. The minimum Gasteiger partial charge on any atom is -0.369 e. The molecule has 1 aromatic rings. The highest BCUT2D eigenvalue weighted by Crippen LogP contribution is 2.26. The van der Waals surface area contributed by atoms with E-state index in [2.05, 4.69) is 0 Å². The molecule has 3 saturated heterocycles. The lowest BCUT2D eigenvalue weighted by Gasteiger charge is -2.45. The van der Waals surface area contributed by atoms with Crippen LogP contribution in [0.15, 0.2) is 29.2 Å². The molecule has 26 heavy (non-hydrogen) atoms. The number of carbonyl (C=O) groups excluding carboxylic acids is 1. The van der Waals surface area contributed by atoms with E-state index in [0.29, 0.717) is 19.7 Å². The molecule has 3 aliphatic rings. The molecule has 0 spiro atoms. The van der Waals surface area contributed by atoms with Gasteiger partial charge in [0, 0.05) is 32.8 Å². The molecular formula is C17H21FN2O5S. The van der Waals surface area contributed by atoms with E-state index in [4.69, 9.17) is 9.47 Å². The molecule has 9 heteroatoms. The van der Waals surface area contributed by atoms with Gasteiger partial charge in [0.1, 0.15) is 11.9 Å². The van der Waals surface area contributed by atoms with Crippen molar-refractivity contribution < 1.29 is 27.1 Å². The summed E-state index contributed by atoms with van der Waals surface area (Å²) in [6.07, 6.45) is 0.437. The van der Waals surface area contributed by atoms with Crippen LogP contribution in [-0.2, 0) is 24.3 Å². The van der Waals surface area contributed by atoms with Gasteiger partial charge in [0.15, 0.2) is 0 Å². The van der Waals surface area contributed by atoms with Gasteiger partial charge in [-0.05, 0) is 31.0 Å². The van der Waals surface area contributed by atoms with Gasteiger partial charge in [-0.25, -0.2) is 12.8 Å². The van der Waals surface area contributed by atoms with Gasteiger partial charge in [0.25, 0.3) is 5.91 Å². The largest absolute Gasteiger partial charge is 0.369 e. The molecule has 2 bridgehead atoms. The maximum Gasteiger partial charge on any atom is 0.251 e. The Kier molecular flexibility index (Phi) is 4.72. The number of hydrogen-bond acceptors (Lipinski definition) is 5. The number of hydrogen-bond donors (Lipinski definition) is 0. The van der Waals surface area contributed by atoms with Crippen molar-refractivity contribution in [3.63, 3.8) is 0 Å². The van der Waals surface area contributed by atoms with E-state index in [1.54, 1.807) is 4.90 Å². The van der Waals surface area contributed by atoms with Crippen LogP contribution in [0.5, 0.6) is 0 Å². The molecule has 3 aliphatic heterocycles. The highest BCUT2D eigenvalue weighted by atomic mass is 32.2. The number of benzene rings is 1. The maximum absolute atomic E-state index is 13.4. The number of sulfonamides is 1. The molecule has 4 rings (SSSR count). The third kappa shape index (κ3) is 3.36. The average Bonchev–Trinajstić information content (AvgIpc) is 3.14. The number of morpholine rings is 2. The Balaban J connectivity index is 1.47. The first kappa shape index (κ1) is 17.8. The number of nitrogens with zero attached hydrogens (tertiary/aromatic N) is 2. The highest BCUT2D eigenvalue weighted by molar-refractivity contribution is 7.89. The minimum absolute atomic E-state index is 0.0396. The predicted molar refractivity (Wildman–Crippen MR) is 89.4 cm³/mol. The monoisotopic (exact) mass is 384 g/mol. The maximum atomic E-state index is 13.4. The Morgan fingerprint density at radius 2 is 1.88 bits per heavy atom. The van der Waals surface area contributed by atoms with Crippen LogP contribution in [0.4, 0.5) is 4.39 Å². The van der Waals surface area contributed by atoms with Gasteiger partial charge in [0.2, 0.25) is 10.0 Å². The van der Waals surface area contributed by atoms with Gasteiger partial charge in [-0.3, -0.25) is 4.79 Å². The third-order valence-corrected chi connectivity index (χ3v) is 6.83. The molecule has 0 aliphatic carbocycles. The van der Waals surface area contributed by atoms with Crippen molar-refractivity contribution in [2.45, 2.75) is 36.0 Å². The second-order valence-corrected chi connectivity index (χ2v) is 8.84. The summed E-state index contributed by atoms with van der Waals surface area (Å²) in [5.41, 5.74) is 0. The summed E-state index contributed by atoms with van der Waals surface area (Å²) in [5.74, 6) is -0.630. The number of rotatable bonds is 3. The number of ether oxygens (including phenoxy) is 2.